The van der Waals surface area contributed by atoms with Crippen LogP contribution in [0, 0.1) is 0 Å². The van der Waals surface area contributed by atoms with E-state index in [9.17, 15) is 0 Å². The fourth-order valence-electron chi connectivity index (χ4n) is 2.30. The first kappa shape index (κ1) is 15.3. The highest BCUT2D eigenvalue weighted by atomic mass is 79.9. The van der Waals surface area contributed by atoms with E-state index < -0.39 is 0 Å². The van der Waals surface area contributed by atoms with Crippen molar-refractivity contribution in [2.24, 2.45) is 0 Å². The zero-order chi connectivity index (χ0) is 14.0. The van der Waals surface area contributed by atoms with Crippen molar-refractivity contribution in [1.82, 2.24) is 5.32 Å². The highest BCUT2D eigenvalue weighted by Gasteiger charge is 1.95. The Hall–Kier alpha value is -1.12. The zero-order valence-corrected chi connectivity index (χ0v) is 13.4. The molecule has 1 N–H and O–H groups in total. The van der Waals surface area contributed by atoms with Gasteiger partial charge in [0, 0.05) is 4.47 Å². The zero-order valence-electron chi connectivity index (χ0n) is 11.8. The molecule has 2 heteroatoms. The molecule has 0 aromatic heterocycles. The van der Waals surface area contributed by atoms with Crippen LogP contribution in [-0.2, 0) is 12.8 Å². The van der Waals surface area contributed by atoms with Gasteiger partial charge in [-0.1, -0.05) is 58.4 Å². The molecule has 0 amide bonds. The van der Waals surface area contributed by atoms with Gasteiger partial charge in [0.1, 0.15) is 0 Å². The third-order valence-electron chi connectivity index (χ3n) is 3.37. The molecule has 2 aromatic carbocycles. The molecule has 0 fully saturated rings. The van der Waals surface area contributed by atoms with Crippen LogP contribution < -0.4 is 5.32 Å². The number of halogens is 1. The van der Waals surface area contributed by atoms with E-state index >= 15 is 0 Å². The van der Waals surface area contributed by atoms with Gasteiger partial charge in [0.15, 0.2) is 0 Å². The van der Waals surface area contributed by atoms with Gasteiger partial charge >= 0.3 is 0 Å². The predicted molar refractivity (Wildman–Crippen MR) is 90.1 cm³/mol. The normalized spacial score (nSPS) is 10.7. The van der Waals surface area contributed by atoms with Gasteiger partial charge in [-0.15, -0.1) is 0 Å². The molecular formula is C18H22BrN. The Morgan fingerprint density at radius 2 is 1.40 bits per heavy atom. The van der Waals surface area contributed by atoms with E-state index in [1.165, 1.54) is 34.9 Å². The molecule has 0 aliphatic heterocycles. The van der Waals surface area contributed by atoms with Crippen LogP contribution in [0.25, 0.3) is 0 Å². The Kier molecular flexibility index (Phi) is 6.82. The van der Waals surface area contributed by atoms with Crippen molar-refractivity contribution < 1.29 is 0 Å². The monoisotopic (exact) mass is 331 g/mol. The Morgan fingerprint density at radius 3 is 2.10 bits per heavy atom. The molecule has 0 saturated carbocycles. The van der Waals surface area contributed by atoms with E-state index in [0.717, 1.165) is 19.5 Å². The second-order valence-corrected chi connectivity index (χ2v) is 5.99. The van der Waals surface area contributed by atoms with Crippen LogP contribution >= 0.6 is 15.9 Å². The lowest BCUT2D eigenvalue weighted by Gasteiger charge is -2.05. The molecule has 1 nitrogen and oxygen atoms in total. The minimum Gasteiger partial charge on any atom is -0.317 e. The first-order chi connectivity index (χ1) is 9.84. The summed E-state index contributed by atoms with van der Waals surface area (Å²) in [5, 5.41) is 3.53. The van der Waals surface area contributed by atoms with Crippen LogP contribution in [0.15, 0.2) is 59.1 Å². The van der Waals surface area contributed by atoms with Crippen LogP contribution in [0.2, 0.25) is 0 Å². The Labute approximate surface area is 130 Å². The lowest BCUT2D eigenvalue weighted by Crippen LogP contribution is -2.17. The summed E-state index contributed by atoms with van der Waals surface area (Å²) in [5.74, 6) is 0. The van der Waals surface area contributed by atoms with Crippen molar-refractivity contribution in [1.29, 1.82) is 0 Å². The summed E-state index contributed by atoms with van der Waals surface area (Å²) in [5.41, 5.74) is 2.84. The summed E-state index contributed by atoms with van der Waals surface area (Å²) in [6.07, 6.45) is 4.72. The number of hydrogen-bond acceptors (Lipinski definition) is 1. The third-order valence-corrected chi connectivity index (χ3v) is 3.86. The SMILES string of the molecule is Brc1cccc(CCCNCCCc2ccccc2)c1. The van der Waals surface area contributed by atoms with E-state index in [1.807, 2.05) is 0 Å². The summed E-state index contributed by atoms with van der Waals surface area (Å²) in [4.78, 5) is 0. The Bertz CT molecular complexity index is 496. The number of benzene rings is 2. The highest BCUT2D eigenvalue weighted by molar-refractivity contribution is 9.10. The van der Waals surface area contributed by atoms with Crippen LogP contribution in [0.4, 0.5) is 0 Å². The number of nitrogens with one attached hydrogen (secondary N) is 1. The molecule has 2 aromatic rings. The summed E-state index contributed by atoms with van der Waals surface area (Å²) in [6, 6.07) is 19.3. The van der Waals surface area contributed by atoms with Gasteiger partial charge in [0.2, 0.25) is 0 Å². The van der Waals surface area contributed by atoms with Crippen molar-refractivity contribution in [3.63, 3.8) is 0 Å². The van der Waals surface area contributed by atoms with E-state index in [2.05, 4.69) is 75.8 Å². The average Bonchev–Trinajstić information content (AvgIpc) is 2.47. The second-order valence-electron chi connectivity index (χ2n) is 5.07. The average molecular weight is 332 g/mol. The van der Waals surface area contributed by atoms with Gasteiger partial charge in [-0.25, -0.2) is 0 Å². The molecule has 0 heterocycles. The molecule has 2 rings (SSSR count). The molecule has 106 valence electrons. The standard InChI is InChI=1S/C18H22BrN/c19-18-12-4-9-17(15-18)11-6-14-20-13-5-10-16-7-2-1-3-8-16/h1-4,7-9,12,15,20H,5-6,10-11,13-14H2. The summed E-state index contributed by atoms with van der Waals surface area (Å²) >= 11 is 3.51. The molecule has 0 unspecified atom stereocenters. The van der Waals surface area contributed by atoms with Crippen molar-refractivity contribution in [3.05, 3.63) is 70.2 Å². The minimum atomic E-state index is 1.10. The fraction of sp³-hybridized carbons (Fsp3) is 0.333. The Balaban J connectivity index is 1.52. The summed E-state index contributed by atoms with van der Waals surface area (Å²) in [7, 11) is 0. The summed E-state index contributed by atoms with van der Waals surface area (Å²) < 4.78 is 1.17. The van der Waals surface area contributed by atoms with E-state index in [-0.39, 0.29) is 0 Å². The van der Waals surface area contributed by atoms with E-state index in [0.29, 0.717) is 0 Å². The second kappa shape index (κ2) is 8.93. The number of rotatable bonds is 8. The van der Waals surface area contributed by atoms with Crippen LogP contribution in [0.5, 0.6) is 0 Å². The molecule has 0 spiro atoms. The van der Waals surface area contributed by atoms with Gasteiger partial charge < -0.3 is 5.32 Å². The number of aryl methyl sites for hydroxylation is 2. The maximum atomic E-state index is 3.53. The van der Waals surface area contributed by atoms with Gasteiger partial charge in [0.25, 0.3) is 0 Å². The van der Waals surface area contributed by atoms with Crippen LogP contribution in [0.1, 0.15) is 24.0 Å². The molecule has 0 saturated heterocycles. The molecule has 0 radical (unpaired) electrons. The predicted octanol–water partition coefficient (Wildman–Crippen LogP) is 4.60. The molecular weight excluding hydrogens is 310 g/mol. The van der Waals surface area contributed by atoms with E-state index in [4.69, 9.17) is 0 Å². The largest absolute Gasteiger partial charge is 0.317 e. The quantitative estimate of drug-likeness (QED) is 0.697. The highest BCUT2D eigenvalue weighted by Crippen LogP contribution is 2.12. The minimum absolute atomic E-state index is 1.10. The molecule has 20 heavy (non-hydrogen) atoms. The fourth-order valence-corrected chi connectivity index (χ4v) is 2.74. The van der Waals surface area contributed by atoms with Gasteiger partial charge in [-0.2, -0.15) is 0 Å². The first-order valence-electron chi connectivity index (χ1n) is 7.34. The van der Waals surface area contributed by atoms with Crippen LogP contribution in [0.3, 0.4) is 0 Å². The number of hydrogen-bond donors (Lipinski definition) is 1. The first-order valence-corrected chi connectivity index (χ1v) is 8.13. The molecule has 0 aliphatic rings. The van der Waals surface area contributed by atoms with Crippen molar-refractivity contribution in [3.8, 4) is 0 Å². The topological polar surface area (TPSA) is 12.0 Å². The maximum Gasteiger partial charge on any atom is 0.0177 e. The van der Waals surface area contributed by atoms with Gasteiger partial charge in [0.05, 0.1) is 0 Å². The third kappa shape index (κ3) is 5.89. The lowest BCUT2D eigenvalue weighted by molar-refractivity contribution is 0.622. The maximum absolute atomic E-state index is 3.53. The van der Waals surface area contributed by atoms with Gasteiger partial charge in [-0.05, 0) is 62.0 Å². The van der Waals surface area contributed by atoms with Crippen LogP contribution in [-0.4, -0.2) is 13.1 Å². The van der Waals surface area contributed by atoms with Gasteiger partial charge in [-0.3, -0.25) is 0 Å². The van der Waals surface area contributed by atoms with Crippen molar-refractivity contribution in [2.75, 3.05) is 13.1 Å². The smallest absolute Gasteiger partial charge is 0.0177 e. The Morgan fingerprint density at radius 1 is 0.750 bits per heavy atom. The van der Waals surface area contributed by atoms with Crippen molar-refractivity contribution >= 4 is 15.9 Å². The molecule has 0 atom stereocenters. The summed E-state index contributed by atoms with van der Waals surface area (Å²) in [6.45, 7) is 2.20. The van der Waals surface area contributed by atoms with Crippen molar-refractivity contribution in [2.45, 2.75) is 25.7 Å². The molecule has 0 aliphatic carbocycles. The van der Waals surface area contributed by atoms with E-state index in [1.54, 1.807) is 0 Å². The lowest BCUT2D eigenvalue weighted by atomic mass is 10.1. The molecule has 0 bridgehead atoms.